The number of aliphatic carboxylic acids is 1. The molecule has 1 fully saturated rings. The average Bonchev–Trinajstić information content (AvgIpc) is 2.82. The largest absolute Gasteiger partial charge is 0.479 e. The molecule has 0 aliphatic heterocycles. The molecule has 0 radical (unpaired) electrons. The second-order valence-electron chi connectivity index (χ2n) is 4.38. The molecule has 88 valence electrons. The maximum atomic E-state index is 11.4. The number of rotatable bonds is 3. The van der Waals surface area contributed by atoms with E-state index in [1.54, 1.807) is 12.1 Å². The van der Waals surface area contributed by atoms with Crippen molar-refractivity contribution in [3.8, 4) is 0 Å². The molecule has 1 saturated carbocycles. The third kappa shape index (κ3) is 1.87. The Morgan fingerprint density at radius 2 is 2.06 bits per heavy atom. The van der Waals surface area contributed by atoms with E-state index in [2.05, 4.69) is 0 Å². The summed E-state index contributed by atoms with van der Waals surface area (Å²) in [6.07, 6.45) is 4.80. The van der Waals surface area contributed by atoms with Crippen LogP contribution in [0.5, 0.6) is 0 Å². The molecule has 1 aliphatic carbocycles. The van der Waals surface area contributed by atoms with Gasteiger partial charge in [0.25, 0.3) is 0 Å². The smallest absolute Gasteiger partial charge is 0.341 e. The highest BCUT2D eigenvalue weighted by Gasteiger charge is 2.46. The minimum atomic E-state index is -1.67. The Labute approximate surface area is 98.7 Å². The van der Waals surface area contributed by atoms with Crippen molar-refractivity contribution in [2.24, 2.45) is 5.92 Å². The summed E-state index contributed by atoms with van der Waals surface area (Å²) in [5.74, 6) is -1.25. The van der Waals surface area contributed by atoms with Gasteiger partial charge in [-0.15, -0.1) is 11.3 Å². The predicted octanol–water partition coefficient (Wildman–Crippen LogP) is 2.60. The van der Waals surface area contributed by atoms with Crippen molar-refractivity contribution in [3.05, 3.63) is 22.4 Å². The van der Waals surface area contributed by atoms with Gasteiger partial charge in [0.1, 0.15) is 0 Å². The molecule has 2 N–H and O–H groups in total. The van der Waals surface area contributed by atoms with Gasteiger partial charge < -0.3 is 10.2 Å². The molecule has 0 aromatic carbocycles. The normalized spacial score (nSPS) is 21.6. The fourth-order valence-corrected chi connectivity index (χ4v) is 3.39. The van der Waals surface area contributed by atoms with E-state index in [1.807, 2.05) is 5.38 Å². The van der Waals surface area contributed by atoms with Crippen LogP contribution < -0.4 is 0 Å². The van der Waals surface area contributed by atoms with Crippen LogP contribution >= 0.6 is 11.3 Å². The van der Waals surface area contributed by atoms with E-state index in [9.17, 15) is 15.0 Å². The monoisotopic (exact) mass is 240 g/mol. The minimum absolute atomic E-state index is 0.141. The van der Waals surface area contributed by atoms with E-state index in [-0.39, 0.29) is 5.92 Å². The van der Waals surface area contributed by atoms with Gasteiger partial charge in [0.15, 0.2) is 5.60 Å². The van der Waals surface area contributed by atoms with Crippen molar-refractivity contribution in [1.82, 2.24) is 0 Å². The summed E-state index contributed by atoms with van der Waals surface area (Å²) in [7, 11) is 0. The van der Waals surface area contributed by atoms with Crippen molar-refractivity contribution >= 4 is 17.3 Å². The Bertz CT molecular complexity index is 354. The van der Waals surface area contributed by atoms with Crippen molar-refractivity contribution in [2.45, 2.75) is 37.7 Å². The molecule has 1 aromatic heterocycles. The molecule has 1 aliphatic rings. The van der Waals surface area contributed by atoms with E-state index >= 15 is 0 Å². The molecule has 1 aromatic rings. The lowest BCUT2D eigenvalue weighted by Crippen LogP contribution is -2.43. The van der Waals surface area contributed by atoms with Gasteiger partial charge in [0.2, 0.25) is 0 Å². The third-order valence-electron chi connectivity index (χ3n) is 3.42. The topological polar surface area (TPSA) is 57.5 Å². The van der Waals surface area contributed by atoms with E-state index in [0.717, 1.165) is 32.1 Å². The molecular weight excluding hydrogens is 224 g/mol. The average molecular weight is 240 g/mol. The third-order valence-corrected chi connectivity index (χ3v) is 4.41. The molecule has 0 unspecified atom stereocenters. The van der Waals surface area contributed by atoms with Crippen LogP contribution in [0.2, 0.25) is 0 Å². The Hall–Kier alpha value is -0.870. The summed E-state index contributed by atoms with van der Waals surface area (Å²) in [6, 6.07) is 3.50. The standard InChI is InChI=1S/C12H16O3S/c13-11(14)12(15,10-7-4-8-16-10)9-5-2-1-3-6-9/h4,7-9,15H,1-3,5-6H2,(H,13,14)/t12-/m1/s1. The summed E-state index contributed by atoms with van der Waals surface area (Å²) < 4.78 is 0. The van der Waals surface area contributed by atoms with E-state index in [0.29, 0.717) is 4.88 Å². The first-order chi connectivity index (χ1) is 7.65. The van der Waals surface area contributed by atoms with Crippen LogP contribution in [0, 0.1) is 5.92 Å². The fraction of sp³-hybridized carbons (Fsp3) is 0.583. The molecule has 0 spiro atoms. The molecule has 16 heavy (non-hydrogen) atoms. The molecule has 0 bridgehead atoms. The first kappa shape index (κ1) is 11.6. The fourth-order valence-electron chi connectivity index (χ4n) is 2.50. The van der Waals surface area contributed by atoms with Gasteiger partial charge in [0.05, 0.1) is 0 Å². The van der Waals surface area contributed by atoms with Crippen molar-refractivity contribution < 1.29 is 15.0 Å². The zero-order valence-corrected chi connectivity index (χ0v) is 9.87. The summed E-state index contributed by atoms with van der Waals surface area (Å²) >= 11 is 1.32. The zero-order valence-electron chi connectivity index (χ0n) is 9.06. The molecule has 0 amide bonds. The summed E-state index contributed by atoms with van der Waals surface area (Å²) in [5.41, 5.74) is -1.67. The maximum Gasteiger partial charge on any atom is 0.341 e. The van der Waals surface area contributed by atoms with Crippen LogP contribution in [-0.2, 0) is 10.4 Å². The number of carboxylic acid groups (broad SMARTS) is 1. The van der Waals surface area contributed by atoms with Gasteiger partial charge in [-0.2, -0.15) is 0 Å². The number of hydrogen-bond donors (Lipinski definition) is 2. The van der Waals surface area contributed by atoms with Crippen molar-refractivity contribution in [3.63, 3.8) is 0 Å². The van der Waals surface area contributed by atoms with Crippen LogP contribution in [0.3, 0.4) is 0 Å². The molecular formula is C12H16O3S. The van der Waals surface area contributed by atoms with Gasteiger partial charge in [-0.05, 0) is 24.3 Å². The van der Waals surface area contributed by atoms with E-state index < -0.39 is 11.6 Å². The lowest BCUT2D eigenvalue weighted by atomic mass is 9.76. The van der Waals surface area contributed by atoms with Crippen LogP contribution in [0.4, 0.5) is 0 Å². The minimum Gasteiger partial charge on any atom is -0.479 e. The SMILES string of the molecule is O=C(O)[C@](O)(c1cccs1)C1CCCCC1. The Morgan fingerprint density at radius 3 is 2.56 bits per heavy atom. The molecule has 2 rings (SSSR count). The molecule has 1 atom stereocenters. The lowest BCUT2D eigenvalue weighted by Gasteiger charge is -2.34. The van der Waals surface area contributed by atoms with Gasteiger partial charge in [0, 0.05) is 10.8 Å². The number of thiophene rings is 1. The van der Waals surface area contributed by atoms with Crippen LogP contribution in [0.15, 0.2) is 17.5 Å². The van der Waals surface area contributed by atoms with E-state index in [1.165, 1.54) is 11.3 Å². The predicted molar refractivity (Wildman–Crippen MR) is 62.4 cm³/mol. The highest BCUT2D eigenvalue weighted by molar-refractivity contribution is 7.10. The van der Waals surface area contributed by atoms with Crippen LogP contribution in [0.1, 0.15) is 37.0 Å². The second-order valence-corrected chi connectivity index (χ2v) is 5.33. The first-order valence-electron chi connectivity index (χ1n) is 5.65. The maximum absolute atomic E-state index is 11.4. The Morgan fingerprint density at radius 1 is 1.38 bits per heavy atom. The van der Waals surface area contributed by atoms with Gasteiger partial charge in [-0.1, -0.05) is 25.3 Å². The number of carbonyl (C=O) groups is 1. The molecule has 1 heterocycles. The summed E-state index contributed by atoms with van der Waals surface area (Å²) in [4.78, 5) is 11.9. The van der Waals surface area contributed by atoms with Crippen LogP contribution in [0.25, 0.3) is 0 Å². The summed E-state index contributed by atoms with van der Waals surface area (Å²) in [5, 5.41) is 21.6. The number of carboxylic acids is 1. The molecule has 3 nitrogen and oxygen atoms in total. The van der Waals surface area contributed by atoms with E-state index in [4.69, 9.17) is 0 Å². The quantitative estimate of drug-likeness (QED) is 0.853. The highest BCUT2D eigenvalue weighted by atomic mass is 32.1. The Balaban J connectivity index is 2.31. The Kier molecular flexibility index (Phi) is 3.30. The second kappa shape index (κ2) is 4.55. The van der Waals surface area contributed by atoms with Crippen molar-refractivity contribution in [1.29, 1.82) is 0 Å². The van der Waals surface area contributed by atoms with Gasteiger partial charge in [-0.3, -0.25) is 0 Å². The van der Waals surface area contributed by atoms with Crippen LogP contribution in [-0.4, -0.2) is 16.2 Å². The number of hydrogen-bond acceptors (Lipinski definition) is 3. The zero-order chi connectivity index (χ0) is 11.6. The number of aliphatic hydroxyl groups is 1. The lowest BCUT2D eigenvalue weighted by molar-refractivity contribution is -0.168. The molecule has 4 heteroatoms. The summed E-state index contributed by atoms with van der Waals surface area (Å²) in [6.45, 7) is 0. The van der Waals surface area contributed by atoms with Crippen molar-refractivity contribution in [2.75, 3.05) is 0 Å². The molecule has 0 saturated heterocycles. The highest BCUT2D eigenvalue weighted by Crippen LogP contribution is 2.41. The first-order valence-corrected chi connectivity index (χ1v) is 6.53. The van der Waals surface area contributed by atoms with Gasteiger partial charge in [-0.25, -0.2) is 4.79 Å². The van der Waals surface area contributed by atoms with Gasteiger partial charge >= 0.3 is 5.97 Å².